The molecule has 0 aliphatic rings. The molecule has 0 aromatic rings. The van der Waals surface area contributed by atoms with Crippen LogP contribution in [0.15, 0.2) is 122 Å². The molecule has 0 aromatic carbocycles. The zero-order chi connectivity index (χ0) is 50.0. The summed E-state index contributed by atoms with van der Waals surface area (Å²) in [7, 11) is 0. The monoisotopic (exact) mass is 955 g/mol. The molecule has 0 aliphatic carbocycles. The molecule has 0 N–H and O–H groups in total. The fourth-order valence-electron chi connectivity index (χ4n) is 7.30. The number of allylic oxidation sites excluding steroid dienone is 20. The van der Waals surface area contributed by atoms with E-state index in [9.17, 15) is 14.4 Å². The fourth-order valence-corrected chi connectivity index (χ4v) is 7.30. The van der Waals surface area contributed by atoms with Crippen molar-refractivity contribution in [3.63, 3.8) is 0 Å². The van der Waals surface area contributed by atoms with Gasteiger partial charge in [0.1, 0.15) is 13.2 Å². The first-order valence-corrected chi connectivity index (χ1v) is 28.0. The van der Waals surface area contributed by atoms with Crippen molar-refractivity contribution in [2.24, 2.45) is 0 Å². The molecule has 0 bridgehead atoms. The highest BCUT2D eigenvalue weighted by atomic mass is 16.6. The van der Waals surface area contributed by atoms with Gasteiger partial charge in [0.25, 0.3) is 0 Å². The highest BCUT2D eigenvalue weighted by Gasteiger charge is 2.19. The maximum Gasteiger partial charge on any atom is 0.306 e. The third-order valence-electron chi connectivity index (χ3n) is 11.4. The summed E-state index contributed by atoms with van der Waals surface area (Å²) in [5.74, 6) is -1.02. The third kappa shape index (κ3) is 54.6. The van der Waals surface area contributed by atoms with Gasteiger partial charge in [-0.1, -0.05) is 226 Å². The molecule has 0 fully saturated rings. The molecule has 69 heavy (non-hydrogen) atoms. The number of carbonyl (C=O) groups excluding carboxylic acids is 3. The minimum atomic E-state index is -0.819. The van der Waals surface area contributed by atoms with Crippen LogP contribution in [0.4, 0.5) is 0 Å². The van der Waals surface area contributed by atoms with E-state index in [0.717, 1.165) is 116 Å². The van der Waals surface area contributed by atoms with Gasteiger partial charge in [-0.2, -0.15) is 0 Å². The third-order valence-corrected chi connectivity index (χ3v) is 11.4. The summed E-state index contributed by atoms with van der Waals surface area (Å²) >= 11 is 0. The van der Waals surface area contributed by atoms with E-state index in [1.54, 1.807) is 0 Å². The lowest BCUT2D eigenvalue weighted by atomic mass is 10.1. The van der Waals surface area contributed by atoms with Gasteiger partial charge in [0.15, 0.2) is 6.10 Å². The Balaban J connectivity index is 4.45. The van der Waals surface area contributed by atoms with Crippen molar-refractivity contribution in [2.45, 2.75) is 245 Å². The van der Waals surface area contributed by atoms with E-state index < -0.39 is 6.10 Å². The molecule has 0 heterocycles. The molecule has 0 spiro atoms. The fraction of sp³-hybridized carbons (Fsp3) is 0.635. The highest BCUT2D eigenvalue weighted by Crippen LogP contribution is 2.13. The number of unbranched alkanes of at least 4 members (excludes halogenated alkanes) is 18. The summed E-state index contributed by atoms with van der Waals surface area (Å²) in [6.45, 7) is 6.32. The van der Waals surface area contributed by atoms with Gasteiger partial charge in [-0.25, -0.2) is 0 Å². The quantitative estimate of drug-likeness (QED) is 0.0262. The van der Waals surface area contributed by atoms with Gasteiger partial charge in [0.2, 0.25) is 0 Å². The molecule has 6 heteroatoms. The molecule has 0 saturated carbocycles. The SMILES string of the molecule is CC/C=C\C/C=C\C/C=C\C/C=C\C/C=C\CCCCCCCCCC(=O)OCC(COC(=O)CC/C=C\C/C=C\C/C=C\C/C=C\CC)OC(=O)CCCCCCC/C=C\CCCCCCCC. The Bertz CT molecular complexity index is 1470. The normalized spacial score (nSPS) is 13.0. The number of rotatable bonds is 49. The maximum absolute atomic E-state index is 12.8. The maximum atomic E-state index is 12.8. The molecule has 390 valence electrons. The number of hydrogen-bond acceptors (Lipinski definition) is 6. The van der Waals surface area contributed by atoms with E-state index in [2.05, 4.69) is 130 Å². The predicted octanol–water partition coefficient (Wildman–Crippen LogP) is 18.9. The van der Waals surface area contributed by atoms with Crippen molar-refractivity contribution in [3.8, 4) is 0 Å². The van der Waals surface area contributed by atoms with E-state index in [4.69, 9.17) is 14.2 Å². The van der Waals surface area contributed by atoms with Crippen LogP contribution in [0.3, 0.4) is 0 Å². The first kappa shape index (κ1) is 64.8. The van der Waals surface area contributed by atoms with Crippen LogP contribution in [0.1, 0.15) is 239 Å². The molecular weight excluding hydrogens is 853 g/mol. The van der Waals surface area contributed by atoms with Gasteiger partial charge in [-0.3, -0.25) is 14.4 Å². The second-order valence-electron chi connectivity index (χ2n) is 18.1. The summed E-state index contributed by atoms with van der Waals surface area (Å²) in [6.07, 6.45) is 77.7. The van der Waals surface area contributed by atoms with Crippen LogP contribution in [0, 0.1) is 0 Å². The lowest BCUT2D eigenvalue weighted by molar-refractivity contribution is -0.166. The van der Waals surface area contributed by atoms with Gasteiger partial charge < -0.3 is 14.2 Å². The molecule has 1 atom stereocenters. The Hall–Kier alpha value is -4.19. The number of esters is 3. The van der Waals surface area contributed by atoms with Crippen molar-refractivity contribution in [2.75, 3.05) is 13.2 Å². The average Bonchev–Trinajstić information content (AvgIpc) is 3.35. The van der Waals surface area contributed by atoms with E-state index in [1.807, 2.05) is 12.2 Å². The molecule has 0 amide bonds. The van der Waals surface area contributed by atoms with Crippen LogP contribution in [-0.4, -0.2) is 37.2 Å². The van der Waals surface area contributed by atoms with Gasteiger partial charge >= 0.3 is 17.9 Å². The minimum Gasteiger partial charge on any atom is -0.462 e. The second-order valence-corrected chi connectivity index (χ2v) is 18.1. The van der Waals surface area contributed by atoms with Gasteiger partial charge in [-0.15, -0.1) is 0 Å². The molecule has 0 aliphatic heterocycles. The summed E-state index contributed by atoms with van der Waals surface area (Å²) in [4.78, 5) is 38.1. The smallest absolute Gasteiger partial charge is 0.306 e. The molecule has 0 aromatic heterocycles. The largest absolute Gasteiger partial charge is 0.462 e. The Morgan fingerprint density at radius 2 is 0.594 bits per heavy atom. The molecule has 0 saturated heterocycles. The number of ether oxygens (including phenoxy) is 3. The van der Waals surface area contributed by atoms with Crippen molar-refractivity contribution in [1.82, 2.24) is 0 Å². The predicted molar refractivity (Wildman–Crippen MR) is 297 cm³/mol. The van der Waals surface area contributed by atoms with Gasteiger partial charge in [0.05, 0.1) is 0 Å². The zero-order valence-corrected chi connectivity index (χ0v) is 44.5. The Morgan fingerprint density at radius 3 is 0.986 bits per heavy atom. The van der Waals surface area contributed by atoms with Gasteiger partial charge in [0, 0.05) is 19.3 Å². The second kappa shape index (κ2) is 56.4. The van der Waals surface area contributed by atoms with Crippen LogP contribution in [0.2, 0.25) is 0 Å². The summed E-state index contributed by atoms with van der Waals surface area (Å²) in [5, 5.41) is 0. The first-order chi connectivity index (χ1) is 34.0. The first-order valence-electron chi connectivity index (χ1n) is 28.0. The Morgan fingerprint density at radius 1 is 0.304 bits per heavy atom. The molecule has 6 nitrogen and oxygen atoms in total. The van der Waals surface area contributed by atoms with E-state index >= 15 is 0 Å². The van der Waals surface area contributed by atoms with E-state index in [1.165, 1.54) is 77.0 Å². The summed E-state index contributed by atoms with van der Waals surface area (Å²) in [6, 6.07) is 0. The van der Waals surface area contributed by atoms with Crippen LogP contribution in [0.5, 0.6) is 0 Å². The topological polar surface area (TPSA) is 78.9 Å². The lowest BCUT2D eigenvalue weighted by Gasteiger charge is -2.18. The molecular formula is C63H102O6. The minimum absolute atomic E-state index is 0.112. The number of hydrogen-bond donors (Lipinski definition) is 0. The van der Waals surface area contributed by atoms with Crippen LogP contribution >= 0.6 is 0 Å². The lowest BCUT2D eigenvalue weighted by Crippen LogP contribution is -2.30. The summed E-state index contributed by atoms with van der Waals surface area (Å²) in [5.41, 5.74) is 0. The van der Waals surface area contributed by atoms with Crippen molar-refractivity contribution < 1.29 is 28.6 Å². The summed E-state index contributed by atoms with van der Waals surface area (Å²) < 4.78 is 16.8. The number of carbonyl (C=O) groups is 3. The van der Waals surface area contributed by atoms with Crippen LogP contribution in [-0.2, 0) is 28.6 Å². The molecule has 0 radical (unpaired) electrons. The molecule has 1 unspecified atom stereocenters. The van der Waals surface area contributed by atoms with E-state index in [0.29, 0.717) is 19.3 Å². The van der Waals surface area contributed by atoms with Crippen LogP contribution in [0.25, 0.3) is 0 Å². The zero-order valence-electron chi connectivity index (χ0n) is 44.5. The Labute approximate surface area is 424 Å². The van der Waals surface area contributed by atoms with Crippen LogP contribution < -0.4 is 0 Å². The Kier molecular flexibility index (Phi) is 53.0. The van der Waals surface area contributed by atoms with Crippen molar-refractivity contribution in [1.29, 1.82) is 0 Å². The highest BCUT2D eigenvalue weighted by molar-refractivity contribution is 5.71. The standard InChI is InChI=1S/C63H102O6/c1-4-7-10-13-16-19-22-25-27-28-29-30-31-32-33-34-36-38-41-44-47-50-53-56-62(65)68-59-60(58-67-61(64)55-52-49-46-43-40-37-24-21-18-15-12-9-6-3)69-63(66)57-54-51-48-45-42-39-35-26-23-20-17-14-11-8-5-2/h7,9-10,12,16,18-19,21,25-27,29-30,32-33,35,37,40,46,49,60H,4-6,8,11,13-15,17,20,22-24,28,31,34,36,38-39,41-45,47-48,50-59H2,1-3H3/b10-7-,12-9-,19-16-,21-18-,27-25-,30-29-,33-32-,35-26-,40-37-,49-46-. The van der Waals surface area contributed by atoms with Crippen molar-refractivity contribution in [3.05, 3.63) is 122 Å². The molecule has 0 rings (SSSR count). The van der Waals surface area contributed by atoms with Gasteiger partial charge in [-0.05, 0) is 116 Å². The average molecular weight is 956 g/mol. The van der Waals surface area contributed by atoms with E-state index in [-0.39, 0.29) is 37.5 Å². The van der Waals surface area contributed by atoms with Crippen molar-refractivity contribution >= 4 is 17.9 Å².